The maximum Gasteiger partial charge on any atom is 0.458 e. The molecule has 1 N–H and O–H groups in total. The summed E-state index contributed by atoms with van der Waals surface area (Å²) < 4.78 is 27.1. The van der Waals surface area contributed by atoms with Crippen molar-refractivity contribution in [1.82, 2.24) is 5.09 Å². The van der Waals surface area contributed by atoms with Gasteiger partial charge in [-0.2, -0.15) is 0 Å². The van der Waals surface area contributed by atoms with Crippen LogP contribution in [0.1, 0.15) is 13.8 Å². The Morgan fingerprint density at radius 1 is 1.32 bits per heavy atom. The Hall–Kier alpha value is -1.36. The average molecular weight is 287 g/mol. The van der Waals surface area contributed by atoms with E-state index in [1.54, 1.807) is 44.2 Å². The lowest BCUT2D eigenvalue weighted by molar-refractivity contribution is -0.145. The molecule has 1 aromatic carbocycles. The maximum absolute atomic E-state index is 12.2. The summed E-state index contributed by atoms with van der Waals surface area (Å²) >= 11 is 0. The second-order valence-electron chi connectivity index (χ2n) is 3.96. The van der Waals surface area contributed by atoms with Crippen molar-refractivity contribution >= 4 is 13.7 Å². The summed E-state index contributed by atoms with van der Waals surface area (Å²) in [5, 5.41) is 2.44. The molecule has 0 bridgehead atoms. The highest BCUT2D eigenvalue weighted by Gasteiger charge is 2.25. The number of benzene rings is 1. The van der Waals surface area contributed by atoms with E-state index in [0.29, 0.717) is 5.75 Å². The van der Waals surface area contributed by atoms with Gasteiger partial charge in [0.05, 0.1) is 6.10 Å². The molecule has 7 heteroatoms. The molecule has 1 aromatic rings. The van der Waals surface area contributed by atoms with Crippen LogP contribution in [-0.4, -0.2) is 25.7 Å². The second-order valence-corrected chi connectivity index (χ2v) is 5.82. The molecule has 0 saturated carbocycles. The standard InChI is InChI=1S/C12H18NO5P/c1-10(2)17-12(14)9-13-19(15,16-3)18-11-7-5-4-6-8-11/h4-8,10H,9H2,1-3H3,(H,13,15). The lowest BCUT2D eigenvalue weighted by Crippen LogP contribution is -2.26. The minimum atomic E-state index is -3.57. The van der Waals surface area contributed by atoms with E-state index in [-0.39, 0.29) is 12.6 Å². The van der Waals surface area contributed by atoms with Gasteiger partial charge in [0.2, 0.25) is 0 Å². The van der Waals surface area contributed by atoms with E-state index in [1.807, 2.05) is 0 Å². The van der Waals surface area contributed by atoms with Crippen molar-refractivity contribution in [2.75, 3.05) is 13.7 Å². The van der Waals surface area contributed by atoms with Gasteiger partial charge in [0.15, 0.2) is 0 Å². The summed E-state index contributed by atoms with van der Waals surface area (Å²) in [4.78, 5) is 11.4. The molecular weight excluding hydrogens is 269 g/mol. The molecule has 1 atom stereocenters. The first-order valence-corrected chi connectivity index (χ1v) is 7.34. The third kappa shape index (κ3) is 5.87. The van der Waals surface area contributed by atoms with Gasteiger partial charge < -0.3 is 9.26 Å². The lowest BCUT2D eigenvalue weighted by Gasteiger charge is -2.17. The van der Waals surface area contributed by atoms with Gasteiger partial charge in [0, 0.05) is 7.11 Å². The summed E-state index contributed by atoms with van der Waals surface area (Å²) in [6, 6.07) is 8.56. The molecule has 0 heterocycles. The molecule has 0 spiro atoms. The molecule has 1 unspecified atom stereocenters. The van der Waals surface area contributed by atoms with E-state index < -0.39 is 13.7 Å². The second kappa shape index (κ2) is 7.28. The fourth-order valence-electron chi connectivity index (χ4n) is 1.22. The topological polar surface area (TPSA) is 73.9 Å². The SMILES string of the molecule is COP(=O)(NCC(=O)OC(C)C)Oc1ccccc1. The van der Waals surface area contributed by atoms with Gasteiger partial charge in [0.1, 0.15) is 12.3 Å². The molecule has 0 aromatic heterocycles. The van der Waals surface area contributed by atoms with Gasteiger partial charge in [-0.15, -0.1) is 0 Å². The zero-order valence-corrected chi connectivity index (χ0v) is 12.1. The number of rotatable bonds is 7. The van der Waals surface area contributed by atoms with Crippen LogP contribution in [0.2, 0.25) is 0 Å². The Bertz CT molecular complexity index is 449. The fourth-order valence-corrected chi connectivity index (χ4v) is 2.21. The quantitative estimate of drug-likeness (QED) is 0.613. The Kier molecular flexibility index (Phi) is 6.02. The van der Waals surface area contributed by atoms with Gasteiger partial charge in [-0.3, -0.25) is 9.32 Å². The number of carbonyl (C=O) groups is 1. The molecule has 0 aliphatic carbocycles. The van der Waals surface area contributed by atoms with Crippen molar-refractivity contribution < 1.29 is 23.1 Å². The highest BCUT2D eigenvalue weighted by molar-refractivity contribution is 7.52. The zero-order chi connectivity index (χ0) is 14.3. The third-order valence-corrected chi connectivity index (χ3v) is 3.47. The number of hydrogen-bond acceptors (Lipinski definition) is 5. The average Bonchev–Trinajstić information content (AvgIpc) is 2.37. The maximum atomic E-state index is 12.2. The van der Waals surface area contributed by atoms with Gasteiger partial charge in [-0.1, -0.05) is 18.2 Å². The molecule has 0 fully saturated rings. The van der Waals surface area contributed by atoms with E-state index >= 15 is 0 Å². The molecule has 0 amide bonds. The van der Waals surface area contributed by atoms with Gasteiger partial charge in [0.25, 0.3) is 0 Å². The van der Waals surface area contributed by atoms with Crippen LogP contribution in [0, 0.1) is 0 Å². The molecule has 1 rings (SSSR count). The monoisotopic (exact) mass is 287 g/mol. The van der Waals surface area contributed by atoms with E-state index in [9.17, 15) is 9.36 Å². The Labute approximate surface area is 112 Å². The highest BCUT2D eigenvalue weighted by Crippen LogP contribution is 2.42. The number of esters is 1. The molecule has 0 saturated heterocycles. The van der Waals surface area contributed by atoms with Crippen molar-refractivity contribution in [3.8, 4) is 5.75 Å². The Morgan fingerprint density at radius 3 is 2.47 bits per heavy atom. The Balaban J connectivity index is 2.56. The van der Waals surface area contributed by atoms with E-state index in [0.717, 1.165) is 0 Å². The number of carbonyl (C=O) groups excluding carboxylic acids is 1. The summed E-state index contributed by atoms with van der Waals surface area (Å²) in [5.41, 5.74) is 0. The minimum absolute atomic E-state index is 0.230. The van der Waals surface area contributed by atoms with Crippen LogP contribution in [0.15, 0.2) is 30.3 Å². The summed E-state index contributed by atoms with van der Waals surface area (Å²) in [6.45, 7) is 3.21. The molecule has 0 radical (unpaired) electrons. The number of nitrogens with one attached hydrogen (secondary N) is 1. The summed E-state index contributed by atoms with van der Waals surface area (Å²) in [6.07, 6.45) is -0.230. The van der Waals surface area contributed by atoms with Gasteiger partial charge in [-0.25, -0.2) is 9.65 Å². The van der Waals surface area contributed by atoms with Crippen molar-refractivity contribution in [3.63, 3.8) is 0 Å². The number of ether oxygens (including phenoxy) is 1. The van der Waals surface area contributed by atoms with Crippen LogP contribution in [0.4, 0.5) is 0 Å². The Morgan fingerprint density at radius 2 is 1.95 bits per heavy atom. The van der Waals surface area contributed by atoms with Crippen molar-refractivity contribution in [2.24, 2.45) is 0 Å². The summed E-state index contributed by atoms with van der Waals surface area (Å²) in [7, 11) is -2.33. The predicted octanol–water partition coefficient (Wildman–Crippen LogP) is 2.36. The number of para-hydroxylation sites is 1. The van der Waals surface area contributed by atoms with Crippen LogP contribution >= 0.6 is 7.75 Å². The first kappa shape index (κ1) is 15.7. The normalized spacial score (nSPS) is 13.9. The largest absolute Gasteiger partial charge is 0.462 e. The van der Waals surface area contributed by atoms with Crippen LogP contribution in [-0.2, 0) is 18.6 Å². The first-order chi connectivity index (χ1) is 8.95. The van der Waals surface area contributed by atoms with Crippen molar-refractivity contribution in [1.29, 1.82) is 0 Å². The molecular formula is C12H18NO5P. The lowest BCUT2D eigenvalue weighted by atomic mass is 10.3. The van der Waals surface area contributed by atoms with Crippen LogP contribution < -0.4 is 9.61 Å². The fraction of sp³-hybridized carbons (Fsp3) is 0.417. The van der Waals surface area contributed by atoms with E-state index in [2.05, 4.69) is 5.09 Å². The summed E-state index contributed by atoms with van der Waals surface area (Å²) in [5.74, 6) is -0.138. The predicted molar refractivity (Wildman–Crippen MR) is 70.9 cm³/mol. The highest BCUT2D eigenvalue weighted by atomic mass is 31.2. The smallest absolute Gasteiger partial charge is 0.458 e. The van der Waals surface area contributed by atoms with Crippen molar-refractivity contribution in [3.05, 3.63) is 30.3 Å². The molecule has 0 aliphatic rings. The van der Waals surface area contributed by atoms with Crippen LogP contribution in [0.5, 0.6) is 5.75 Å². The minimum Gasteiger partial charge on any atom is -0.462 e. The van der Waals surface area contributed by atoms with Gasteiger partial charge in [-0.05, 0) is 26.0 Å². The molecule has 106 valence electrons. The van der Waals surface area contributed by atoms with Gasteiger partial charge >= 0.3 is 13.7 Å². The van der Waals surface area contributed by atoms with Crippen molar-refractivity contribution in [2.45, 2.75) is 20.0 Å². The van der Waals surface area contributed by atoms with Crippen LogP contribution in [0.3, 0.4) is 0 Å². The molecule has 6 nitrogen and oxygen atoms in total. The molecule has 19 heavy (non-hydrogen) atoms. The zero-order valence-electron chi connectivity index (χ0n) is 11.2. The van der Waals surface area contributed by atoms with Crippen LogP contribution in [0.25, 0.3) is 0 Å². The van der Waals surface area contributed by atoms with E-state index in [4.69, 9.17) is 13.8 Å². The number of hydrogen-bond donors (Lipinski definition) is 1. The van der Waals surface area contributed by atoms with E-state index in [1.165, 1.54) is 7.11 Å². The first-order valence-electron chi connectivity index (χ1n) is 5.80. The third-order valence-electron chi connectivity index (χ3n) is 1.99. The molecule has 0 aliphatic heterocycles.